The molecular weight excluding hydrogens is 168 g/mol. The molecule has 0 saturated heterocycles. The zero-order valence-electron chi connectivity index (χ0n) is 6.91. The minimum Gasteiger partial charge on any atom is -0.478 e. The molecule has 0 fully saturated rings. The van der Waals surface area contributed by atoms with Crippen molar-refractivity contribution in [2.75, 3.05) is 0 Å². The van der Waals surface area contributed by atoms with Crippen LogP contribution in [0.4, 0.5) is 0 Å². The molecule has 1 aliphatic carbocycles. The number of aromatic carboxylic acids is 1. The van der Waals surface area contributed by atoms with Crippen LogP contribution >= 0.6 is 0 Å². The number of carbonyl (C=O) groups is 2. The van der Waals surface area contributed by atoms with Gasteiger partial charge in [0.25, 0.3) is 0 Å². The van der Waals surface area contributed by atoms with Gasteiger partial charge >= 0.3 is 5.97 Å². The van der Waals surface area contributed by atoms with E-state index in [4.69, 9.17) is 5.11 Å². The first-order valence-electron chi connectivity index (χ1n) is 4.04. The Labute approximate surface area is 75.0 Å². The predicted octanol–water partition coefficient (Wildman–Crippen LogP) is 1.05. The summed E-state index contributed by atoms with van der Waals surface area (Å²) in [5, 5.41) is 8.82. The third kappa shape index (κ3) is 1.22. The zero-order valence-corrected chi connectivity index (χ0v) is 6.91. The maximum absolute atomic E-state index is 11.1. The molecule has 0 spiro atoms. The van der Waals surface area contributed by atoms with Crippen LogP contribution in [0.15, 0.2) is 18.2 Å². The van der Waals surface area contributed by atoms with Crippen LogP contribution in [0.1, 0.15) is 21.5 Å². The van der Waals surface area contributed by atoms with Crippen molar-refractivity contribution in [1.82, 2.24) is 0 Å². The molecule has 1 N–H and O–H groups in total. The minimum absolute atomic E-state index is 0.101. The number of rotatable bonds is 1. The molecule has 1 aliphatic rings. The van der Waals surface area contributed by atoms with Crippen LogP contribution in [-0.2, 0) is 17.6 Å². The molecule has 0 atom stereocenters. The van der Waals surface area contributed by atoms with Crippen LogP contribution in [0.25, 0.3) is 0 Å². The first-order valence-corrected chi connectivity index (χ1v) is 4.04. The molecule has 0 amide bonds. The number of carbonyl (C=O) groups excluding carboxylic acids is 1. The standard InChI is InChI=1S/C10H8O3/c11-7-4-6-2-1-3-8(10(12)13)9(6)5-7/h1-3H,4-5H2,(H,12,13). The lowest BCUT2D eigenvalue weighted by Crippen LogP contribution is -2.02. The van der Waals surface area contributed by atoms with Crippen LogP contribution < -0.4 is 0 Å². The Bertz CT molecular complexity index is 393. The fourth-order valence-electron chi connectivity index (χ4n) is 1.68. The van der Waals surface area contributed by atoms with Crippen LogP contribution in [0.2, 0.25) is 0 Å². The van der Waals surface area contributed by atoms with Crippen LogP contribution in [-0.4, -0.2) is 16.9 Å². The molecule has 0 radical (unpaired) electrons. The SMILES string of the molecule is O=C1Cc2cccc(C(=O)O)c2C1. The second-order valence-electron chi connectivity index (χ2n) is 3.14. The summed E-state index contributed by atoms with van der Waals surface area (Å²) in [6.45, 7) is 0. The first kappa shape index (κ1) is 7.98. The van der Waals surface area contributed by atoms with Gasteiger partial charge in [-0.2, -0.15) is 0 Å². The average molecular weight is 176 g/mol. The molecular formula is C10H8O3. The van der Waals surface area contributed by atoms with E-state index in [0.717, 1.165) is 5.56 Å². The smallest absolute Gasteiger partial charge is 0.335 e. The van der Waals surface area contributed by atoms with Gasteiger partial charge in [-0.1, -0.05) is 12.1 Å². The predicted molar refractivity (Wildman–Crippen MR) is 45.8 cm³/mol. The lowest BCUT2D eigenvalue weighted by atomic mass is 10.0. The Morgan fingerprint density at radius 3 is 2.77 bits per heavy atom. The van der Waals surface area contributed by atoms with Gasteiger partial charge < -0.3 is 5.11 Å². The summed E-state index contributed by atoms with van der Waals surface area (Å²) in [6.07, 6.45) is 0.661. The highest BCUT2D eigenvalue weighted by molar-refractivity contribution is 5.96. The average Bonchev–Trinajstić information content (AvgIpc) is 2.43. The molecule has 13 heavy (non-hydrogen) atoms. The molecule has 0 unspecified atom stereocenters. The van der Waals surface area contributed by atoms with Gasteiger partial charge in [0.1, 0.15) is 5.78 Å². The number of hydrogen-bond acceptors (Lipinski definition) is 2. The van der Waals surface area contributed by atoms with Crippen molar-refractivity contribution in [3.63, 3.8) is 0 Å². The van der Waals surface area contributed by atoms with E-state index < -0.39 is 5.97 Å². The maximum Gasteiger partial charge on any atom is 0.335 e. The largest absolute Gasteiger partial charge is 0.478 e. The van der Waals surface area contributed by atoms with Crippen molar-refractivity contribution in [3.05, 3.63) is 34.9 Å². The topological polar surface area (TPSA) is 54.4 Å². The second-order valence-corrected chi connectivity index (χ2v) is 3.14. The second kappa shape index (κ2) is 2.69. The van der Waals surface area contributed by atoms with Gasteiger partial charge in [-0.05, 0) is 17.2 Å². The number of hydrogen-bond donors (Lipinski definition) is 1. The van der Waals surface area contributed by atoms with E-state index in [2.05, 4.69) is 0 Å². The summed E-state index contributed by atoms with van der Waals surface area (Å²) in [5.41, 5.74) is 1.83. The monoisotopic (exact) mass is 176 g/mol. The molecule has 3 heteroatoms. The van der Waals surface area contributed by atoms with E-state index in [9.17, 15) is 9.59 Å². The maximum atomic E-state index is 11.1. The molecule has 2 rings (SSSR count). The number of ketones is 1. The summed E-state index contributed by atoms with van der Waals surface area (Å²) >= 11 is 0. The van der Waals surface area contributed by atoms with Crippen molar-refractivity contribution in [2.24, 2.45) is 0 Å². The van der Waals surface area contributed by atoms with Crippen LogP contribution in [0, 0.1) is 0 Å². The van der Waals surface area contributed by atoms with Crippen molar-refractivity contribution in [3.8, 4) is 0 Å². The minimum atomic E-state index is -0.952. The molecule has 0 bridgehead atoms. The Kier molecular flexibility index (Phi) is 1.65. The Balaban J connectivity index is 2.57. The molecule has 0 heterocycles. The Morgan fingerprint density at radius 1 is 1.31 bits per heavy atom. The molecule has 0 aliphatic heterocycles. The van der Waals surface area contributed by atoms with Crippen molar-refractivity contribution in [1.29, 1.82) is 0 Å². The van der Waals surface area contributed by atoms with E-state index >= 15 is 0 Å². The third-order valence-corrected chi connectivity index (χ3v) is 2.27. The van der Waals surface area contributed by atoms with Gasteiger partial charge in [-0.15, -0.1) is 0 Å². The lowest BCUT2D eigenvalue weighted by molar-refractivity contribution is -0.117. The van der Waals surface area contributed by atoms with E-state index in [-0.39, 0.29) is 17.8 Å². The number of Topliss-reactive ketones (excluding diaryl/α,β-unsaturated/α-hetero) is 1. The van der Waals surface area contributed by atoms with E-state index in [0.29, 0.717) is 12.0 Å². The normalized spacial score (nSPS) is 14.3. The van der Waals surface area contributed by atoms with Crippen LogP contribution in [0.5, 0.6) is 0 Å². The highest BCUT2D eigenvalue weighted by atomic mass is 16.4. The van der Waals surface area contributed by atoms with E-state index in [1.54, 1.807) is 12.1 Å². The summed E-state index contributed by atoms with van der Waals surface area (Å²) in [4.78, 5) is 21.8. The summed E-state index contributed by atoms with van der Waals surface area (Å²) in [5.74, 6) is -0.852. The number of benzene rings is 1. The molecule has 1 aromatic rings. The van der Waals surface area contributed by atoms with Crippen LogP contribution in [0.3, 0.4) is 0 Å². The molecule has 66 valence electrons. The lowest BCUT2D eigenvalue weighted by Gasteiger charge is -2.01. The van der Waals surface area contributed by atoms with Crippen molar-refractivity contribution < 1.29 is 14.7 Å². The number of carboxylic acid groups (broad SMARTS) is 1. The quantitative estimate of drug-likeness (QED) is 0.695. The van der Waals surface area contributed by atoms with Gasteiger partial charge in [0.15, 0.2) is 0 Å². The van der Waals surface area contributed by atoms with E-state index in [1.807, 2.05) is 6.07 Å². The Morgan fingerprint density at radius 2 is 2.08 bits per heavy atom. The van der Waals surface area contributed by atoms with Crippen molar-refractivity contribution in [2.45, 2.75) is 12.8 Å². The summed E-state index contributed by atoms with van der Waals surface area (Å²) < 4.78 is 0. The van der Waals surface area contributed by atoms with Gasteiger partial charge in [0.05, 0.1) is 5.56 Å². The van der Waals surface area contributed by atoms with Gasteiger partial charge in [0.2, 0.25) is 0 Å². The highest BCUT2D eigenvalue weighted by Gasteiger charge is 2.23. The molecule has 0 saturated carbocycles. The molecule has 0 aromatic heterocycles. The fourth-order valence-corrected chi connectivity index (χ4v) is 1.68. The van der Waals surface area contributed by atoms with Gasteiger partial charge in [-0.3, -0.25) is 4.79 Å². The summed E-state index contributed by atoms with van der Waals surface area (Å²) in [7, 11) is 0. The molecule has 3 nitrogen and oxygen atoms in total. The van der Waals surface area contributed by atoms with E-state index in [1.165, 1.54) is 0 Å². The van der Waals surface area contributed by atoms with Gasteiger partial charge in [-0.25, -0.2) is 4.79 Å². The zero-order chi connectivity index (χ0) is 9.42. The van der Waals surface area contributed by atoms with Crippen molar-refractivity contribution >= 4 is 11.8 Å². The highest BCUT2D eigenvalue weighted by Crippen LogP contribution is 2.23. The number of fused-ring (bicyclic) bond motifs is 1. The molecule has 1 aromatic carbocycles. The summed E-state index contributed by atoms with van der Waals surface area (Å²) in [6, 6.07) is 5.04. The third-order valence-electron chi connectivity index (χ3n) is 2.27. The number of carboxylic acids is 1. The Hall–Kier alpha value is -1.64. The van der Waals surface area contributed by atoms with Gasteiger partial charge in [0, 0.05) is 12.8 Å². The first-order chi connectivity index (χ1) is 6.18. The fraction of sp³-hybridized carbons (Fsp3) is 0.200.